The summed E-state index contributed by atoms with van der Waals surface area (Å²) < 4.78 is 2.52. The Morgan fingerprint density at radius 1 is 0.382 bits per heavy atom. The number of para-hydroxylation sites is 1. The number of rotatable bonds is 4. The van der Waals surface area contributed by atoms with Gasteiger partial charge in [0.15, 0.2) is 5.82 Å². The summed E-state index contributed by atoms with van der Waals surface area (Å²) in [4.78, 5) is 10.4. The van der Waals surface area contributed by atoms with Gasteiger partial charge in [-0.3, -0.25) is 0 Å². The van der Waals surface area contributed by atoms with Gasteiger partial charge in [0, 0.05) is 38.3 Å². The van der Waals surface area contributed by atoms with Gasteiger partial charge < -0.3 is 4.57 Å². The molecule has 0 N–H and O–H groups in total. The lowest BCUT2D eigenvalue weighted by Crippen LogP contribution is -2.15. The second-order valence-electron chi connectivity index (χ2n) is 16.2. The smallest absolute Gasteiger partial charge is 0.160 e. The fourth-order valence-corrected chi connectivity index (χ4v) is 9.61. The van der Waals surface area contributed by atoms with Crippen LogP contribution in [0.15, 0.2) is 164 Å². The molecular weight excluding hydrogens is 667 g/mol. The normalized spacial score (nSPS) is 14.5. The van der Waals surface area contributed by atoms with Gasteiger partial charge in [-0.2, -0.15) is 0 Å². The molecule has 0 spiro atoms. The standard InChI is InChI=1S/C52H39N3/c1-51(2)41-24-14-11-21-34(41)37-27-39-40-28-38-35-22-12-15-25-42(35)52(3,4)44(38)30-49(40)55(48(39)29-43(37)51)47-26-16-13-23-36(47)46-31-45(32-17-7-5-8-18-32)53-50(54-46)33-19-9-6-10-20-33/h5-31H,1-4H3. The number of nitrogens with zero attached hydrogens (tertiary/aromatic N) is 3. The minimum absolute atomic E-state index is 0.133. The Hall–Kier alpha value is -6.58. The van der Waals surface area contributed by atoms with Crippen molar-refractivity contribution in [1.82, 2.24) is 14.5 Å². The lowest BCUT2D eigenvalue weighted by atomic mass is 9.82. The van der Waals surface area contributed by atoms with E-state index in [0.717, 1.165) is 33.8 Å². The highest BCUT2D eigenvalue weighted by molar-refractivity contribution is 6.14. The molecule has 7 aromatic carbocycles. The summed E-state index contributed by atoms with van der Waals surface area (Å²) in [6.45, 7) is 9.48. The number of fused-ring (bicyclic) bond motifs is 9. The monoisotopic (exact) mass is 705 g/mol. The maximum atomic E-state index is 5.32. The van der Waals surface area contributed by atoms with E-state index in [0.29, 0.717) is 5.82 Å². The summed E-state index contributed by atoms with van der Waals surface area (Å²) >= 11 is 0. The van der Waals surface area contributed by atoms with E-state index in [9.17, 15) is 0 Å². The van der Waals surface area contributed by atoms with Crippen LogP contribution >= 0.6 is 0 Å². The Morgan fingerprint density at radius 3 is 1.40 bits per heavy atom. The van der Waals surface area contributed by atoms with Crippen molar-refractivity contribution >= 4 is 21.8 Å². The minimum Gasteiger partial charge on any atom is -0.309 e. The zero-order valence-corrected chi connectivity index (χ0v) is 31.4. The predicted octanol–water partition coefficient (Wildman–Crippen LogP) is 13.2. The van der Waals surface area contributed by atoms with E-state index < -0.39 is 0 Å². The van der Waals surface area contributed by atoms with E-state index >= 15 is 0 Å². The van der Waals surface area contributed by atoms with E-state index in [1.807, 2.05) is 12.1 Å². The fourth-order valence-electron chi connectivity index (χ4n) is 9.61. The zero-order valence-electron chi connectivity index (χ0n) is 31.4. The lowest BCUT2D eigenvalue weighted by Gasteiger charge is -2.22. The van der Waals surface area contributed by atoms with Gasteiger partial charge in [-0.1, -0.05) is 155 Å². The molecule has 0 aliphatic heterocycles. The van der Waals surface area contributed by atoms with Crippen LogP contribution in [0.25, 0.3) is 83.6 Å². The average Bonchev–Trinajstić information content (AvgIpc) is 3.75. The van der Waals surface area contributed by atoms with E-state index in [1.165, 1.54) is 66.3 Å². The van der Waals surface area contributed by atoms with E-state index in [1.54, 1.807) is 0 Å². The maximum absolute atomic E-state index is 5.32. The molecule has 55 heavy (non-hydrogen) atoms. The Labute approximate surface area is 321 Å². The Morgan fingerprint density at radius 2 is 0.836 bits per heavy atom. The van der Waals surface area contributed by atoms with Crippen LogP contribution < -0.4 is 0 Å². The van der Waals surface area contributed by atoms with Crippen molar-refractivity contribution in [2.75, 3.05) is 0 Å². The molecule has 0 bridgehead atoms. The molecule has 0 amide bonds. The molecule has 0 atom stereocenters. The van der Waals surface area contributed by atoms with Crippen molar-refractivity contribution in [3.8, 4) is 61.8 Å². The molecule has 11 rings (SSSR count). The van der Waals surface area contributed by atoms with E-state index in [4.69, 9.17) is 9.97 Å². The zero-order chi connectivity index (χ0) is 37.1. The van der Waals surface area contributed by atoms with Crippen LogP contribution in [0.3, 0.4) is 0 Å². The number of hydrogen-bond acceptors (Lipinski definition) is 2. The van der Waals surface area contributed by atoms with Gasteiger partial charge in [-0.05, 0) is 80.9 Å². The van der Waals surface area contributed by atoms with Gasteiger partial charge in [-0.25, -0.2) is 9.97 Å². The van der Waals surface area contributed by atoms with E-state index in [2.05, 4.69) is 184 Å². The Bertz CT molecular complexity index is 2840. The quantitative estimate of drug-likeness (QED) is 0.182. The molecule has 2 aliphatic rings. The van der Waals surface area contributed by atoms with Gasteiger partial charge in [0.05, 0.1) is 28.1 Å². The molecular formula is C52H39N3. The summed E-state index contributed by atoms with van der Waals surface area (Å²) in [6.07, 6.45) is 0. The van der Waals surface area contributed by atoms with Crippen molar-refractivity contribution in [2.24, 2.45) is 0 Å². The molecule has 0 unspecified atom stereocenters. The second kappa shape index (κ2) is 11.5. The summed E-state index contributed by atoms with van der Waals surface area (Å²) in [7, 11) is 0. The van der Waals surface area contributed by atoms with Crippen molar-refractivity contribution in [2.45, 2.75) is 38.5 Å². The molecule has 0 saturated carbocycles. The number of aromatic nitrogens is 3. The van der Waals surface area contributed by atoms with Gasteiger partial charge >= 0.3 is 0 Å². The highest BCUT2D eigenvalue weighted by atomic mass is 15.0. The highest BCUT2D eigenvalue weighted by Crippen LogP contribution is 2.54. The first-order chi connectivity index (χ1) is 26.8. The van der Waals surface area contributed by atoms with Crippen LogP contribution in [0.1, 0.15) is 49.9 Å². The molecule has 0 saturated heterocycles. The fraction of sp³-hybridized carbons (Fsp3) is 0.115. The number of hydrogen-bond donors (Lipinski definition) is 0. The second-order valence-corrected chi connectivity index (χ2v) is 16.2. The van der Waals surface area contributed by atoms with Gasteiger partial charge in [-0.15, -0.1) is 0 Å². The van der Waals surface area contributed by atoms with Crippen LogP contribution in [0, 0.1) is 0 Å². The summed E-state index contributed by atoms with van der Waals surface area (Å²) in [5.41, 5.74) is 19.0. The highest BCUT2D eigenvalue weighted by Gasteiger charge is 2.38. The van der Waals surface area contributed by atoms with Crippen LogP contribution in [-0.4, -0.2) is 14.5 Å². The largest absolute Gasteiger partial charge is 0.309 e. The average molecular weight is 706 g/mol. The van der Waals surface area contributed by atoms with Crippen LogP contribution in [0.5, 0.6) is 0 Å². The Balaban J connectivity index is 1.24. The first-order valence-electron chi connectivity index (χ1n) is 19.3. The molecule has 9 aromatic rings. The van der Waals surface area contributed by atoms with Gasteiger partial charge in [0.25, 0.3) is 0 Å². The number of benzene rings is 7. The third kappa shape index (κ3) is 4.56. The summed E-state index contributed by atoms with van der Waals surface area (Å²) in [6, 6.07) is 59.5. The van der Waals surface area contributed by atoms with Crippen molar-refractivity contribution < 1.29 is 0 Å². The van der Waals surface area contributed by atoms with Gasteiger partial charge in [0.2, 0.25) is 0 Å². The molecule has 0 radical (unpaired) electrons. The molecule has 262 valence electrons. The van der Waals surface area contributed by atoms with Crippen LogP contribution in [-0.2, 0) is 10.8 Å². The first-order valence-corrected chi connectivity index (χ1v) is 19.3. The molecule has 2 aromatic heterocycles. The van der Waals surface area contributed by atoms with Crippen molar-refractivity contribution in [3.63, 3.8) is 0 Å². The summed E-state index contributed by atoms with van der Waals surface area (Å²) in [5, 5.41) is 2.53. The SMILES string of the molecule is CC1(C)c2ccccc2-c2cc3c4cc5c(cc4n(-c4ccccc4-c4cc(-c6ccccc6)nc(-c6ccccc6)n4)c3cc21)C(C)(C)c1ccccc1-5. The summed E-state index contributed by atoms with van der Waals surface area (Å²) in [5.74, 6) is 0.712. The molecule has 0 fully saturated rings. The third-order valence-electron chi connectivity index (χ3n) is 12.4. The van der Waals surface area contributed by atoms with Crippen molar-refractivity contribution in [1.29, 1.82) is 0 Å². The molecule has 3 nitrogen and oxygen atoms in total. The molecule has 2 aliphatic carbocycles. The maximum Gasteiger partial charge on any atom is 0.160 e. The first kappa shape index (κ1) is 31.9. The molecule has 2 heterocycles. The third-order valence-corrected chi connectivity index (χ3v) is 12.4. The van der Waals surface area contributed by atoms with E-state index in [-0.39, 0.29) is 10.8 Å². The Kier molecular flexibility index (Phi) is 6.65. The molecule has 3 heteroatoms. The van der Waals surface area contributed by atoms with Crippen LogP contribution in [0.2, 0.25) is 0 Å². The predicted molar refractivity (Wildman–Crippen MR) is 228 cm³/mol. The lowest BCUT2D eigenvalue weighted by molar-refractivity contribution is 0.660. The van der Waals surface area contributed by atoms with Crippen LogP contribution in [0.4, 0.5) is 0 Å². The minimum atomic E-state index is -0.133. The van der Waals surface area contributed by atoms with Gasteiger partial charge in [0.1, 0.15) is 0 Å². The topological polar surface area (TPSA) is 30.7 Å². The van der Waals surface area contributed by atoms with Crippen molar-refractivity contribution in [3.05, 3.63) is 186 Å².